The van der Waals surface area contributed by atoms with Crippen molar-refractivity contribution in [2.75, 3.05) is 0 Å². The summed E-state index contributed by atoms with van der Waals surface area (Å²) in [6.07, 6.45) is 1.52. The zero-order valence-electron chi connectivity index (χ0n) is 11.2. The van der Waals surface area contributed by atoms with E-state index < -0.39 is 5.54 Å². The molecule has 0 aliphatic carbocycles. The first-order valence-electron chi connectivity index (χ1n) is 6.30. The molecule has 0 aliphatic heterocycles. The molecule has 3 N–H and O–H groups in total. The van der Waals surface area contributed by atoms with Crippen LogP contribution in [-0.4, -0.2) is 11.9 Å². The number of hydrogen-bond acceptors (Lipinski definition) is 2. The molecule has 0 saturated carbocycles. The first kappa shape index (κ1) is 15.0. The van der Waals surface area contributed by atoms with Crippen molar-refractivity contribution in [2.45, 2.75) is 45.2 Å². The third-order valence-electron chi connectivity index (χ3n) is 3.37. The average Bonchev–Trinajstić information content (AvgIpc) is 2.35. The van der Waals surface area contributed by atoms with Crippen LogP contribution < -0.4 is 11.1 Å². The number of halogens is 1. The Morgan fingerprint density at radius 3 is 2.61 bits per heavy atom. The predicted octanol–water partition coefficient (Wildman–Crippen LogP) is 2.82. The molecule has 1 rings (SSSR count). The van der Waals surface area contributed by atoms with Crippen molar-refractivity contribution in [3.05, 3.63) is 34.9 Å². The van der Waals surface area contributed by atoms with Crippen LogP contribution in [0.15, 0.2) is 24.3 Å². The minimum atomic E-state index is -0.847. The van der Waals surface area contributed by atoms with Crippen LogP contribution >= 0.6 is 11.6 Å². The van der Waals surface area contributed by atoms with Crippen molar-refractivity contribution in [1.82, 2.24) is 5.32 Å². The van der Waals surface area contributed by atoms with E-state index in [4.69, 9.17) is 17.3 Å². The Balaban J connectivity index is 3.22. The summed E-state index contributed by atoms with van der Waals surface area (Å²) in [7, 11) is 0. The fraction of sp³-hybridized carbons (Fsp3) is 0.500. The molecule has 1 aromatic carbocycles. The van der Waals surface area contributed by atoms with Crippen LogP contribution in [0.5, 0.6) is 0 Å². The van der Waals surface area contributed by atoms with Gasteiger partial charge in [0.15, 0.2) is 0 Å². The summed E-state index contributed by atoms with van der Waals surface area (Å²) in [5.74, 6) is -0.368. The van der Waals surface area contributed by atoms with Gasteiger partial charge in [0.25, 0.3) is 0 Å². The fourth-order valence-corrected chi connectivity index (χ4v) is 2.24. The van der Waals surface area contributed by atoms with Gasteiger partial charge in [-0.3, -0.25) is 10.1 Å². The van der Waals surface area contributed by atoms with E-state index in [-0.39, 0.29) is 11.9 Å². The Morgan fingerprint density at radius 2 is 2.17 bits per heavy atom. The first-order valence-corrected chi connectivity index (χ1v) is 6.67. The summed E-state index contributed by atoms with van der Waals surface area (Å²) in [4.78, 5) is 11.9. The van der Waals surface area contributed by atoms with Crippen LogP contribution in [0.25, 0.3) is 0 Å². The molecule has 1 amide bonds. The van der Waals surface area contributed by atoms with Gasteiger partial charge in [-0.1, -0.05) is 37.6 Å². The molecule has 2 atom stereocenters. The second kappa shape index (κ2) is 6.21. The van der Waals surface area contributed by atoms with Gasteiger partial charge in [-0.05, 0) is 37.5 Å². The van der Waals surface area contributed by atoms with Crippen molar-refractivity contribution in [3.8, 4) is 0 Å². The van der Waals surface area contributed by atoms with Crippen LogP contribution in [0, 0.1) is 0 Å². The van der Waals surface area contributed by atoms with E-state index in [1.807, 2.05) is 26.0 Å². The van der Waals surface area contributed by atoms with Gasteiger partial charge in [-0.15, -0.1) is 0 Å². The fourth-order valence-electron chi connectivity index (χ4n) is 2.05. The molecule has 0 spiro atoms. The molecule has 18 heavy (non-hydrogen) atoms. The molecule has 0 aromatic heterocycles. The van der Waals surface area contributed by atoms with E-state index in [0.29, 0.717) is 11.4 Å². The standard InChI is InChI=1S/C14H21ClN2O/c1-4-10(3)17-14(5-2,13(16)18)11-7-6-8-12(15)9-11/h6-10,17H,4-5H2,1-3H3,(H2,16,18). The van der Waals surface area contributed by atoms with Gasteiger partial charge in [-0.25, -0.2) is 0 Å². The summed E-state index contributed by atoms with van der Waals surface area (Å²) >= 11 is 6.00. The van der Waals surface area contributed by atoms with E-state index >= 15 is 0 Å². The SMILES string of the molecule is CCC(C)NC(CC)(C(N)=O)c1cccc(Cl)c1. The second-order valence-electron chi connectivity index (χ2n) is 4.59. The number of amides is 1. The average molecular weight is 269 g/mol. The highest BCUT2D eigenvalue weighted by Gasteiger charge is 2.37. The Morgan fingerprint density at radius 1 is 1.50 bits per heavy atom. The maximum absolute atomic E-state index is 11.9. The van der Waals surface area contributed by atoms with E-state index in [9.17, 15) is 4.79 Å². The van der Waals surface area contributed by atoms with Crippen molar-refractivity contribution in [2.24, 2.45) is 5.73 Å². The highest BCUT2D eigenvalue weighted by atomic mass is 35.5. The molecule has 0 saturated heterocycles. The molecule has 4 heteroatoms. The number of carbonyl (C=O) groups is 1. The minimum Gasteiger partial charge on any atom is -0.368 e. The minimum absolute atomic E-state index is 0.205. The molecule has 1 aromatic rings. The molecule has 3 nitrogen and oxygen atoms in total. The van der Waals surface area contributed by atoms with Crippen LogP contribution in [0.3, 0.4) is 0 Å². The van der Waals surface area contributed by atoms with Crippen LogP contribution in [-0.2, 0) is 10.3 Å². The lowest BCUT2D eigenvalue weighted by molar-refractivity contribution is -0.125. The van der Waals surface area contributed by atoms with E-state index in [2.05, 4.69) is 12.2 Å². The third-order valence-corrected chi connectivity index (χ3v) is 3.61. The maximum atomic E-state index is 11.9. The number of carbonyl (C=O) groups excluding carboxylic acids is 1. The van der Waals surface area contributed by atoms with Crippen LogP contribution in [0.1, 0.15) is 39.2 Å². The zero-order chi connectivity index (χ0) is 13.8. The van der Waals surface area contributed by atoms with E-state index in [1.54, 1.807) is 12.1 Å². The molecule has 0 heterocycles. The molecule has 0 bridgehead atoms. The van der Waals surface area contributed by atoms with E-state index in [0.717, 1.165) is 12.0 Å². The summed E-state index contributed by atoms with van der Waals surface area (Å²) in [6, 6.07) is 7.51. The highest BCUT2D eigenvalue weighted by molar-refractivity contribution is 6.30. The molecule has 100 valence electrons. The van der Waals surface area contributed by atoms with Crippen LogP contribution in [0.4, 0.5) is 0 Å². The Hall–Kier alpha value is -1.06. The Labute approximate surface area is 114 Å². The first-order chi connectivity index (χ1) is 8.46. The van der Waals surface area contributed by atoms with Crippen molar-refractivity contribution in [1.29, 1.82) is 0 Å². The molecule has 0 aliphatic rings. The summed E-state index contributed by atoms with van der Waals surface area (Å²) < 4.78 is 0. The van der Waals surface area contributed by atoms with Crippen molar-refractivity contribution < 1.29 is 4.79 Å². The van der Waals surface area contributed by atoms with Gasteiger partial charge < -0.3 is 5.73 Å². The predicted molar refractivity (Wildman–Crippen MR) is 75.5 cm³/mol. The largest absolute Gasteiger partial charge is 0.368 e. The Bertz CT molecular complexity index is 422. The zero-order valence-corrected chi connectivity index (χ0v) is 11.9. The van der Waals surface area contributed by atoms with Gasteiger partial charge in [0.05, 0.1) is 0 Å². The Kier molecular flexibility index (Phi) is 5.17. The smallest absolute Gasteiger partial charge is 0.242 e. The number of primary amides is 1. The number of nitrogens with one attached hydrogen (secondary N) is 1. The third kappa shape index (κ3) is 3.03. The quantitative estimate of drug-likeness (QED) is 0.834. The molecular weight excluding hydrogens is 248 g/mol. The number of nitrogens with two attached hydrogens (primary N) is 1. The molecule has 0 fully saturated rings. The highest BCUT2D eigenvalue weighted by Crippen LogP contribution is 2.28. The lowest BCUT2D eigenvalue weighted by Crippen LogP contribution is -2.55. The van der Waals surface area contributed by atoms with Gasteiger partial charge in [0, 0.05) is 11.1 Å². The van der Waals surface area contributed by atoms with E-state index in [1.165, 1.54) is 0 Å². The van der Waals surface area contributed by atoms with Gasteiger partial charge in [0.1, 0.15) is 5.54 Å². The van der Waals surface area contributed by atoms with Gasteiger partial charge >= 0.3 is 0 Å². The summed E-state index contributed by atoms with van der Waals surface area (Å²) in [6.45, 7) is 6.05. The number of rotatable bonds is 6. The summed E-state index contributed by atoms with van der Waals surface area (Å²) in [5.41, 5.74) is 5.60. The van der Waals surface area contributed by atoms with Crippen molar-refractivity contribution >= 4 is 17.5 Å². The molecular formula is C14H21ClN2O. The van der Waals surface area contributed by atoms with Crippen LogP contribution in [0.2, 0.25) is 5.02 Å². The number of hydrogen-bond donors (Lipinski definition) is 2. The monoisotopic (exact) mass is 268 g/mol. The second-order valence-corrected chi connectivity index (χ2v) is 5.02. The summed E-state index contributed by atoms with van der Waals surface area (Å²) in [5, 5.41) is 3.95. The molecule has 2 unspecified atom stereocenters. The molecule has 0 radical (unpaired) electrons. The lowest BCUT2D eigenvalue weighted by Gasteiger charge is -2.34. The lowest BCUT2D eigenvalue weighted by atomic mass is 9.85. The van der Waals surface area contributed by atoms with Gasteiger partial charge in [-0.2, -0.15) is 0 Å². The maximum Gasteiger partial charge on any atom is 0.242 e. The number of benzene rings is 1. The normalized spacial score (nSPS) is 16.0. The van der Waals surface area contributed by atoms with Gasteiger partial charge in [0.2, 0.25) is 5.91 Å². The van der Waals surface area contributed by atoms with Crippen molar-refractivity contribution in [3.63, 3.8) is 0 Å². The topological polar surface area (TPSA) is 55.1 Å².